The van der Waals surface area contributed by atoms with Crippen molar-refractivity contribution >= 4 is 16.7 Å². The Morgan fingerprint density at radius 2 is 2.08 bits per heavy atom. The van der Waals surface area contributed by atoms with Crippen molar-refractivity contribution in [1.29, 1.82) is 0 Å². The lowest BCUT2D eigenvalue weighted by Crippen LogP contribution is -2.21. The predicted octanol–water partition coefficient (Wildman–Crippen LogP) is 5.05. The molecule has 1 saturated heterocycles. The van der Waals surface area contributed by atoms with E-state index in [4.69, 9.17) is 9.51 Å². The van der Waals surface area contributed by atoms with Crippen molar-refractivity contribution in [3.63, 3.8) is 0 Å². The number of aryl methyl sites for hydroxylation is 3. The summed E-state index contributed by atoms with van der Waals surface area (Å²) in [6.07, 6.45) is 1.90. The predicted molar refractivity (Wildman–Crippen MR) is 102 cm³/mol. The highest BCUT2D eigenvalue weighted by Crippen LogP contribution is 2.39. The van der Waals surface area contributed by atoms with E-state index in [0.717, 1.165) is 59.5 Å². The number of pyridine rings is 1. The van der Waals surface area contributed by atoms with Gasteiger partial charge in [-0.05, 0) is 55.9 Å². The van der Waals surface area contributed by atoms with Crippen LogP contribution in [0.5, 0.6) is 0 Å². The number of anilines is 1. The van der Waals surface area contributed by atoms with Crippen LogP contribution in [-0.4, -0.2) is 23.2 Å². The fraction of sp³-hybridized carbons (Fsp3) is 0.429. The summed E-state index contributed by atoms with van der Waals surface area (Å²) in [6, 6.07) is 5.58. The molecule has 0 saturated carbocycles. The first-order valence-electron chi connectivity index (χ1n) is 9.29. The van der Waals surface area contributed by atoms with E-state index in [2.05, 4.69) is 17.0 Å². The molecule has 2 aromatic heterocycles. The maximum absolute atomic E-state index is 14.8. The molecule has 5 heteroatoms. The molecule has 0 radical (unpaired) electrons. The minimum absolute atomic E-state index is 0.253. The molecule has 0 bridgehead atoms. The number of halogens is 1. The van der Waals surface area contributed by atoms with Gasteiger partial charge in [0.2, 0.25) is 0 Å². The Bertz CT molecular complexity index is 979. The standard InChI is InChI=1S/C21H24FN3O/c1-5-15-9-16-14(4)19(18-8-13(3)24-26-18)21(23-20(16)17(22)10-15)25-7-6-12(2)11-25/h8-10,12H,5-7,11H2,1-4H3. The Labute approximate surface area is 153 Å². The van der Waals surface area contributed by atoms with Crippen LogP contribution in [0.4, 0.5) is 10.2 Å². The number of hydrogen-bond donors (Lipinski definition) is 0. The van der Waals surface area contributed by atoms with Gasteiger partial charge in [0, 0.05) is 24.5 Å². The summed E-state index contributed by atoms with van der Waals surface area (Å²) in [5, 5.41) is 4.90. The van der Waals surface area contributed by atoms with E-state index in [0.29, 0.717) is 17.2 Å². The summed E-state index contributed by atoms with van der Waals surface area (Å²) in [6.45, 7) is 10.0. The Balaban J connectivity index is 2.02. The highest BCUT2D eigenvalue weighted by atomic mass is 19.1. The van der Waals surface area contributed by atoms with E-state index < -0.39 is 0 Å². The molecule has 1 fully saturated rings. The van der Waals surface area contributed by atoms with Crippen molar-refractivity contribution in [3.05, 3.63) is 40.8 Å². The van der Waals surface area contributed by atoms with Crippen molar-refractivity contribution in [3.8, 4) is 11.3 Å². The molecule has 4 rings (SSSR count). The molecule has 1 aromatic carbocycles. The molecule has 3 aromatic rings. The first kappa shape index (κ1) is 17.0. The van der Waals surface area contributed by atoms with Crippen LogP contribution in [0.2, 0.25) is 0 Å². The lowest BCUT2D eigenvalue weighted by molar-refractivity contribution is 0.427. The molecule has 3 heterocycles. The molecule has 1 aliphatic heterocycles. The summed E-state index contributed by atoms with van der Waals surface area (Å²) in [4.78, 5) is 7.02. The molecule has 0 spiro atoms. The summed E-state index contributed by atoms with van der Waals surface area (Å²) in [5.74, 6) is 1.85. The lowest BCUT2D eigenvalue weighted by Gasteiger charge is -2.22. The third-order valence-electron chi connectivity index (χ3n) is 5.35. The van der Waals surface area contributed by atoms with Gasteiger partial charge in [0.25, 0.3) is 0 Å². The van der Waals surface area contributed by atoms with Gasteiger partial charge in [-0.25, -0.2) is 9.37 Å². The van der Waals surface area contributed by atoms with Crippen LogP contribution >= 0.6 is 0 Å². The Morgan fingerprint density at radius 3 is 2.69 bits per heavy atom. The smallest absolute Gasteiger partial charge is 0.171 e. The van der Waals surface area contributed by atoms with E-state index in [1.165, 1.54) is 0 Å². The number of aromatic nitrogens is 2. The zero-order chi connectivity index (χ0) is 18.4. The maximum atomic E-state index is 14.8. The number of hydrogen-bond acceptors (Lipinski definition) is 4. The molecule has 136 valence electrons. The largest absolute Gasteiger partial charge is 0.356 e. The van der Waals surface area contributed by atoms with E-state index in [9.17, 15) is 4.39 Å². The first-order chi connectivity index (χ1) is 12.5. The van der Waals surface area contributed by atoms with Gasteiger partial charge in [-0.15, -0.1) is 0 Å². The van der Waals surface area contributed by atoms with Crippen LogP contribution in [0.1, 0.15) is 37.1 Å². The molecule has 4 nitrogen and oxygen atoms in total. The second-order valence-electron chi connectivity index (χ2n) is 7.44. The van der Waals surface area contributed by atoms with E-state index >= 15 is 0 Å². The molecule has 0 N–H and O–H groups in total. The van der Waals surface area contributed by atoms with Gasteiger partial charge >= 0.3 is 0 Å². The molecule has 1 atom stereocenters. The summed E-state index contributed by atoms with van der Waals surface area (Å²) in [7, 11) is 0. The average molecular weight is 353 g/mol. The van der Waals surface area contributed by atoms with Crippen LogP contribution in [0.15, 0.2) is 22.7 Å². The van der Waals surface area contributed by atoms with Gasteiger partial charge in [-0.3, -0.25) is 0 Å². The topological polar surface area (TPSA) is 42.2 Å². The molecule has 26 heavy (non-hydrogen) atoms. The Morgan fingerprint density at radius 1 is 1.27 bits per heavy atom. The quantitative estimate of drug-likeness (QED) is 0.660. The van der Waals surface area contributed by atoms with E-state index in [-0.39, 0.29) is 5.82 Å². The zero-order valence-electron chi connectivity index (χ0n) is 15.8. The van der Waals surface area contributed by atoms with Crippen molar-refractivity contribution < 1.29 is 8.91 Å². The number of fused-ring (bicyclic) bond motifs is 1. The number of nitrogens with zero attached hydrogens (tertiary/aromatic N) is 3. The highest BCUT2D eigenvalue weighted by Gasteiger charge is 2.27. The van der Waals surface area contributed by atoms with Gasteiger partial charge < -0.3 is 9.42 Å². The monoisotopic (exact) mass is 353 g/mol. The van der Waals surface area contributed by atoms with Crippen molar-refractivity contribution in [2.75, 3.05) is 18.0 Å². The van der Waals surface area contributed by atoms with Crippen LogP contribution < -0.4 is 4.90 Å². The second-order valence-corrected chi connectivity index (χ2v) is 7.44. The van der Waals surface area contributed by atoms with Gasteiger partial charge in [0.05, 0.1) is 11.3 Å². The van der Waals surface area contributed by atoms with Crippen molar-refractivity contribution in [2.45, 2.75) is 40.5 Å². The maximum Gasteiger partial charge on any atom is 0.171 e. The SMILES string of the molecule is CCc1cc(F)c2nc(N3CCC(C)C3)c(-c3cc(C)no3)c(C)c2c1. The zero-order valence-corrected chi connectivity index (χ0v) is 15.8. The fourth-order valence-electron chi connectivity index (χ4n) is 3.86. The normalized spacial score (nSPS) is 17.4. The third kappa shape index (κ3) is 2.75. The number of benzene rings is 1. The van der Waals surface area contributed by atoms with E-state index in [1.54, 1.807) is 6.07 Å². The van der Waals surface area contributed by atoms with Gasteiger partial charge in [0.15, 0.2) is 5.76 Å². The summed E-state index contributed by atoms with van der Waals surface area (Å²) < 4.78 is 20.4. The minimum atomic E-state index is -0.253. The Hall–Kier alpha value is -2.43. The van der Waals surface area contributed by atoms with Crippen molar-refractivity contribution in [1.82, 2.24) is 10.1 Å². The molecule has 1 aliphatic rings. The molecule has 0 amide bonds. The highest BCUT2D eigenvalue weighted by molar-refractivity contribution is 5.93. The average Bonchev–Trinajstić information content (AvgIpc) is 3.23. The summed E-state index contributed by atoms with van der Waals surface area (Å²) >= 11 is 0. The van der Waals surface area contributed by atoms with Crippen LogP contribution in [0, 0.1) is 25.6 Å². The minimum Gasteiger partial charge on any atom is -0.356 e. The molecular weight excluding hydrogens is 329 g/mol. The van der Waals surface area contributed by atoms with Gasteiger partial charge in [-0.1, -0.05) is 19.0 Å². The van der Waals surface area contributed by atoms with Crippen LogP contribution in [-0.2, 0) is 6.42 Å². The lowest BCUT2D eigenvalue weighted by atomic mass is 9.98. The summed E-state index contributed by atoms with van der Waals surface area (Å²) in [5.41, 5.74) is 4.17. The number of rotatable bonds is 3. The fourth-order valence-corrected chi connectivity index (χ4v) is 3.86. The van der Waals surface area contributed by atoms with Gasteiger partial charge in [-0.2, -0.15) is 0 Å². The van der Waals surface area contributed by atoms with Crippen LogP contribution in [0.3, 0.4) is 0 Å². The Kier molecular flexibility index (Phi) is 4.17. The van der Waals surface area contributed by atoms with Gasteiger partial charge in [0.1, 0.15) is 17.2 Å². The molecular formula is C21H24FN3O. The molecule has 0 aliphatic carbocycles. The van der Waals surface area contributed by atoms with Crippen LogP contribution in [0.25, 0.3) is 22.2 Å². The molecule has 1 unspecified atom stereocenters. The third-order valence-corrected chi connectivity index (χ3v) is 5.35. The van der Waals surface area contributed by atoms with Crippen molar-refractivity contribution in [2.24, 2.45) is 5.92 Å². The first-order valence-corrected chi connectivity index (χ1v) is 9.29. The van der Waals surface area contributed by atoms with E-state index in [1.807, 2.05) is 32.9 Å². The second kappa shape index (κ2) is 6.38.